The molecule has 4 aliphatic carbocycles. The highest BCUT2D eigenvalue weighted by molar-refractivity contribution is 5.74. The summed E-state index contributed by atoms with van der Waals surface area (Å²) in [5.41, 5.74) is -0.867. The molecule has 15 nitrogen and oxygen atoms in total. The highest BCUT2D eigenvalue weighted by Gasteiger charge is 2.28. The number of hydrogen-bond donors (Lipinski definition) is 0. The average Bonchev–Trinajstić information content (AvgIpc) is 3.36. The predicted octanol–water partition coefficient (Wildman–Crippen LogP) is 11.9. The zero-order chi connectivity index (χ0) is 53.9. The Morgan fingerprint density at radius 3 is 0.797 bits per heavy atom. The Morgan fingerprint density at radius 2 is 0.581 bits per heavy atom. The van der Waals surface area contributed by atoms with Gasteiger partial charge in [0.15, 0.2) is 0 Å². The van der Waals surface area contributed by atoms with Crippen molar-refractivity contribution in [2.75, 3.05) is 52.7 Å². The predicted molar refractivity (Wildman–Crippen MR) is 281 cm³/mol. The summed E-state index contributed by atoms with van der Waals surface area (Å²) in [5, 5.41) is 0. The van der Waals surface area contributed by atoms with Crippen LogP contribution in [0, 0.1) is 59.2 Å². The van der Waals surface area contributed by atoms with Gasteiger partial charge in [0.25, 0.3) is 0 Å². The average molecular weight is 1050 g/mol. The molecule has 0 spiro atoms. The van der Waals surface area contributed by atoms with Crippen molar-refractivity contribution in [3.8, 4) is 0 Å². The lowest BCUT2D eigenvalue weighted by atomic mass is 9.81. The normalized spacial score (nSPS) is 25.1. The summed E-state index contributed by atoms with van der Waals surface area (Å²) in [6, 6.07) is 0. The first-order valence-electron chi connectivity index (χ1n) is 29.2. The van der Waals surface area contributed by atoms with Crippen molar-refractivity contribution in [3.63, 3.8) is 0 Å². The molecule has 74 heavy (non-hydrogen) atoms. The van der Waals surface area contributed by atoms with Gasteiger partial charge in [-0.1, -0.05) is 130 Å². The van der Waals surface area contributed by atoms with Crippen LogP contribution in [0.15, 0.2) is 0 Å². The molecule has 0 atom stereocenters. The molecule has 0 aliphatic heterocycles. The van der Waals surface area contributed by atoms with Gasteiger partial charge >= 0.3 is 41.9 Å². The van der Waals surface area contributed by atoms with Crippen molar-refractivity contribution in [1.29, 1.82) is 0 Å². The lowest BCUT2D eigenvalue weighted by molar-refractivity contribution is -0.156. The maximum absolute atomic E-state index is 13.4. The Hall–Kier alpha value is -3.91. The number of rotatable bonds is 30. The molecule has 0 heterocycles. The van der Waals surface area contributed by atoms with Gasteiger partial charge < -0.3 is 38.1 Å². The summed E-state index contributed by atoms with van der Waals surface area (Å²) in [7, 11) is 0. The Bertz CT molecular complexity index is 1490. The second kappa shape index (κ2) is 34.0. The fraction of sp³-hybridized carbons (Fsp3) is 0.881. The van der Waals surface area contributed by atoms with Crippen LogP contribution in [0.3, 0.4) is 0 Å². The molecule has 0 saturated heterocycles. The van der Waals surface area contributed by atoms with Gasteiger partial charge in [-0.25, -0.2) is 4.79 Å². The first-order valence-corrected chi connectivity index (χ1v) is 29.2. The monoisotopic (exact) mass is 1050 g/mol. The van der Waals surface area contributed by atoms with E-state index in [9.17, 15) is 33.6 Å². The van der Waals surface area contributed by atoms with Crippen LogP contribution in [0.4, 0.5) is 4.79 Å². The minimum Gasteiger partial charge on any atom is -0.465 e. The Balaban J connectivity index is 1.27. The number of ether oxygens (including phenoxy) is 7. The van der Waals surface area contributed by atoms with Gasteiger partial charge in [-0.05, 0) is 93.8 Å². The molecular weight excluding hydrogens is 947 g/mol. The van der Waals surface area contributed by atoms with Crippen molar-refractivity contribution < 1.29 is 66.7 Å². The van der Waals surface area contributed by atoms with Crippen LogP contribution in [0.1, 0.15) is 215 Å². The molecule has 4 aliphatic rings. The standard InChI is InChI=1S/C59H99NO14/c1-42-8-16-46(17-9-42)24-28-52(61)68-36-50(37-69-53(62)29-25-47-18-10-43(2)11-19-47)40-72-56(65)32-34-60(58(67)74-59(5,6)7)35-33-57(66)73-41-51(38-70-54(63)30-26-48-20-12-44(3)13-21-48)39-71-55(64)31-27-49-22-14-45(4)15-23-49/h42-51H,8-41H2,1-7H3. The van der Waals surface area contributed by atoms with Gasteiger partial charge in [0.2, 0.25) is 0 Å². The van der Waals surface area contributed by atoms with Crippen LogP contribution in [-0.2, 0) is 61.9 Å². The highest BCUT2D eigenvalue weighted by Crippen LogP contribution is 2.34. The van der Waals surface area contributed by atoms with E-state index in [1.807, 2.05) is 0 Å². The summed E-state index contributed by atoms with van der Waals surface area (Å²) in [6.45, 7) is 13.2. The van der Waals surface area contributed by atoms with Gasteiger partial charge in [-0.15, -0.1) is 0 Å². The van der Waals surface area contributed by atoms with Gasteiger partial charge in [-0.2, -0.15) is 0 Å². The quantitative estimate of drug-likeness (QED) is 0.0488. The maximum atomic E-state index is 13.4. The van der Waals surface area contributed by atoms with Crippen LogP contribution in [-0.4, -0.2) is 105 Å². The fourth-order valence-electron chi connectivity index (χ4n) is 10.8. The second-order valence-electron chi connectivity index (χ2n) is 24.5. The van der Waals surface area contributed by atoms with Crippen molar-refractivity contribution in [3.05, 3.63) is 0 Å². The molecule has 0 N–H and O–H groups in total. The topological polar surface area (TPSA) is 187 Å². The van der Waals surface area contributed by atoms with Crippen molar-refractivity contribution >= 4 is 41.9 Å². The number of carbonyl (C=O) groups is 7. The van der Waals surface area contributed by atoms with Crippen molar-refractivity contribution in [2.45, 2.75) is 221 Å². The van der Waals surface area contributed by atoms with Gasteiger partial charge in [0.1, 0.15) is 45.2 Å². The minimum atomic E-state index is -0.867. The zero-order valence-corrected chi connectivity index (χ0v) is 47.0. The Kier molecular flexibility index (Phi) is 28.8. The lowest BCUT2D eigenvalue weighted by Crippen LogP contribution is -2.39. The molecule has 4 rings (SSSR count). The molecule has 1 amide bonds. The van der Waals surface area contributed by atoms with E-state index in [1.54, 1.807) is 20.8 Å². The largest absolute Gasteiger partial charge is 0.465 e. The van der Waals surface area contributed by atoms with Gasteiger partial charge in [0.05, 0.1) is 24.7 Å². The summed E-state index contributed by atoms with van der Waals surface area (Å²) < 4.78 is 39.5. The molecular formula is C59H99NO14. The van der Waals surface area contributed by atoms with Crippen molar-refractivity contribution in [1.82, 2.24) is 4.90 Å². The molecule has 0 unspecified atom stereocenters. The van der Waals surface area contributed by atoms with E-state index in [4.69, 9.17) is 33.2 Å². The Labute approximate surface area is 445 Å². The van der Waals surface area contributed by atoms with E-state index in [0.717, 1.165) is 101 Å². The van der Waals surface area contributed by atoms with E-state index in [-0.39, 0.29) is 89.4 Å². The summed E-state index contributed by atoms with van der Waals surface area (Å²) in [6.07, 6.45) is 21.3. The number of carbonyl (C=O) groups excluding carboxylic acids is 7. The molecule has 4 fully saturated rings. The maximum Gasteiger partial charge on any atom is 0.410 e. The van der Waals surface area contributed by atoms with Crippen LogP contribution in [0.5, 0.6) is 0 Å². The van der Waals surface area contributed by atoms with Gasteiger partial charge in [-0.3, -0.25) is 28.8 Å². The van der Waals surface area contributed by atoms with Crippen molar-refractivity contribution in [2.24, 2.45) is 59.2 Å². The first kappa shape index (κ1) is 62.6. The van der Waals surface area contributed by atoms with Gasteiger partial charge in [0, 0.05) is 38.8 Å². The molecule has 0 aromatic rings. The van der Waals surface area contributed by atoms with Crippen LogP contribution in [0.25, 0.3) is 0 Å². The number of nitrogens with zero attached hydrogens (tertiary/aromatic N) is 1. The van der Waals surface area contributed by atoms with E-state index < -0.39 is 35.5 Å². The molecule has 424 valence electrons. The molecule has 0 radical (unpaired) electrons. The third-order valence-corrected chi connectivity index (χ3v) is 16.3. The molecule has 4 saturated carbocycles. The Morgan fingerprint density at radius 1 is 0.365 bits per heavy atom. The van der Waals surface area contributed by atoms with E-state index >= 15 is 0 Å². The molecule has 0 bridgehead atoms. The summed E-state index contributed by atoms with van der Waals surface area (Å²) >= 11 is 0. The third-order valence-electron chi connectivity index (χ3n) is 16.3. The van der Waals surface area contributed by atoms with E-state index in [0.29, 0.717) is 49.4 Å². The molecule has 15 heteroatoms. The molecule has 0 aromatic carbocycles. The summed E-state index contributed by atoms with van der Waals surface area (Å²) in [4.78, 5) is 92.6. The molecule has 0 aromatic heterocycles. The van der Waals surface area contributed by atoms with E-state index in [1.165, 1.54) is 56.3 Å². The lowest BCUT2D eigenvalue weighted by Gasteiger charge is -2.27. The number of amides is 1. The van der Waals surface area contributed by atoms with E-state index in [2.05, 4.69) is 27.7 Å². The summed E-state index contributed by atoms with van der Waals surface area (Å²) in [5.74, 6) is 1.05. The first-order chi connectivity index (χ1) is 35.3. The highest BCUT2D eigenvalue weighted by atomic mass is 16.6. The SMILES string of the molecule is CC1CCC(CCC(=O)OCC(COC(=O)CCC2CCC(C)CC2)COC(=O)CCN(CCC(=O)OCC(COC(=O)CCC2CCC(C)CC2)COC(=O)CCC2CCC(C)CC2)C(=O)OC(C)(C)C)CC1. The minimum absolute atomic E-state index is 0.0841. The van der Waals surface area contributed by atoms with Crippen LogP contribution >= 0.6 is 0 Å². The number of esters is 6. The smallest absolute Gasteiger partial charge is 0.410 e. The fourth-order valence-corrected chi connectivity index (χ4v) is 10.8. The zero-order valence-electron chi connectivity index (χ0n) is 47.0. The number of hydrogen-bond acceptors (Lipinski definition) is 14. The third kappa shape index (κ3) is 27.8. The second-order valence-corrected chi connectivity index (χ2v) is 24.5. The van der Waals surface area contributed by atoms with Crippen LogP contribution in [0.2, 0.25) is 0 Å². The van der Waals surface area contributed by atoms with Crippen LogP contribution < -0.4 is 0 Å².